The second kappa shape index (κ2) is 4.67. The minimum absolute atomic E-state index is 0.0566. The second-order valence-corrected chi connectivity index (χ2v) is 5.31. The van der Waals surface area contributed by atoms with Crippen molar-refractivity contribution >= 4 is 17.4 Å². The molecule has 1 heterocycles. The molecule has 1 aliphatic rings. The van der Waals surface area contributed by atoms with E-state index in [2.05, 4.69) is 6.07 Å². The summed E-state index contributed by atoms with van der Waals surface area (Å²) in [5, 5.41) is 8.93. The van der Waals surface area contributed by atoms with Gasteiger partial charge >= 0.3 is 0 Å². The van der Waals surface area contributed by atoms with E-state index in [0.29, 0.717) is 12.5 Å². The lowest BCUT2D eigenvalue weighted by Gasteiger charge is -2.21. The fraction of sp³-hybridized carbons (Fsp3) is 0.357. The van der Waals surface area contributed by atoms with Crippen molar-refractivity contribution < 1.29 is 18.4 Å². The maximum atomic E-state index is 13.6. The van der Waals surface area contributed by atoms with Crippen molar-refractivity contribution in [3.8, 4) is 6.07 Å². The highest BCUT2D eigenvalue weighted by atomic mass is 19.1. The molecular formula is C14H12F2N2O2. The van der Waals surface area contributed by atoms with Gasteiger partial charge in [0.25, 0.3) is 11.7 Å². The number of carbonyl (C=O) groups is 2. The van der Waals surface area contributed by atoms with E-state index in [-0.39, 0.29) is 12.2 Å². The molecule has 4 nitrogen and oxygen atoms in total. The lowest BCUT2D eigenvalue weighted by Crippen LogP contribution is -2.32. The number of benzene rings is 1. The van der Waals surface area contributed by atoms with Gasteiger partial charge in [0.1, 0.15) is 11.6 Å². The Morgan fingerprint density at radius 1 is 1.30 bits per heavy atom. The number of anilines is 1. The summed E-state index contributed by atoms with van der Waals surface area (Å²) in [7, 11) is 0. The Bertz CT molecular complexity index is 647. The molecule has 104 valence electrons. The topological polar surface area (TPSA) is 61.2 Å². The highest BCUT2D eigenvalue weighted by molar-refractivity contribution is 6.52. The van der Waals surface area contributed by atoms with Crippen molar-refractivity contribution in [2.45, 2.75) is 20.3 Å². The van der Waals surface area contributed by atoms with Crippen LogP contribution in [0.3, 0.4) is 0 Å². The van der Waals surface area contributed by atoms with Crippen LogP contribution in [0.15, 0.2) is 12.1 Å². The van der Waals surface area contributed by atoms with Crippen molar-refractivity contribution in [1.82, 2.24) is 0 Å². The predicted octanol–water partition coefficient (Wildman–Crippen LogP) is 2.43. The molecule has 0 atom stereocenters. The molecule has 0 saturated carbocycles. The Morgan fingerprint density at radius 3 is 2.55 bits per heavy atom. The van der Waals surface area contributed by atoms with Crippen LogP contribution in [0.4, 0.5) is 14.5 Å². The summed E-state index contributed by atoms with van der Waals surface area (Å²) >= 11 is 0. The zero-order valence-electron chi connectivity index (χ0n) is 11.0. The molecular weight excluding hydrogens is 266 g/mol. The van der Waals surface area contributed by atoms with Gasteiger partial charge in [-0.05, 0) is 26.3 Å². The molecule has 1 aromatic rings. The van der Waals surface area contributed by atoms with Crippen LogP contribution < -0.4 is 4.90 Å². The van der Waals surface area contributed by atoms with E-state index in [1.54, 1.807) is 13.8 Å². The Labute approximate surface area is 114 Å². The molecule has 0 fully saturated rings. The molecule has 0 spiro atoms. The van der Waals surface area contributed by atoms with Gasteiger partial charge in [-0.1, -0.05) is 0 Å². The van der Waals surface area contributed by atoms with E-state index in [1.807, 2.05) is 0 Å². The van der Waals surface area contributed by atoms with Crippen LogP contribution in [0.25, 0.3) is 0 Å². The monoisotopic (exact) mass is 278 g/mol. The number of Topliss-reactive ketones (excluding diaryl/α,β-unsaturated/α-hetero) is 1. The highest BCUT2D eigenvalue weighted by Gasteiger charge is 2.39. The van der Waals surface area contributed by atoms with E-state index < -0.39 is 34.3 Å². The van der Waals surface area contributed by atoms with Crippen LogP contribution in [0.2, 0.25) is 0 Å². The number of amides is 1. The van der Waals surface area contributed by atoms with Crippen LogP contribution in [-0.4, -0.2) is 18.2 Å². The third-order valence-electron chi connectivity index (χ3n) is 3.25. The molecule has 20 heavy (non-hydrogen) atoms. The van der Waals surface area contributed by atoms with Crippen molar-refractivity contribution in [3.63, 3.8) is 0 Å². The standard InChI is InChI=1S/C14H12F2N2O2/c1-14(2,7-17)3-4-18-10-6-8(15)5-9(16)11(10)12(19)13(18)20/h5-6H,3-4H2,1-2H3. The van der Waals surface area contributed by atoms with Crippen LogP contribution in [-0.2, 0) is 4.79 Å². The quantitative estimate of drug-likeness (QED) is 0.798. The molecule has 6 heteroatoms. The largest absolute Gasteiger partial charge is 0.304 e. The Balaban J connectivity index is 2.37. The molecule has 0 aliphatic carbocycles. The number of carbonyl (C=O) groups excluding carboxylic acids is 2. The van der Waals surface area contributed by atoms with Gasteiger partial charge in [-0.15, -0.1) is 0 Å². The SMILES string of the molecule is CC(C)(C#N)CCN1C(=O)C(=O)c2c(F)cc(F)cc21. The normalized spacial score (nSPS) is 14.4. The minimum Gasteiger partial charge on any atom is -0.304 e. The number of nitrogens with zero attached hydrogens (tertiary/aromatic N) is 2. The minimum atomic E-state index is -1.04. The summed E-state index contributed by atoms with van der Waals surface area (Å²) in [6.45, 7) is 3.42. The number of hydrogen-bond acceptors (Lipinski definition) is 3. The Morgan fingerprint density at radius 2 is 1.95 bits per heavy atom. The first kappa shape index (κ1) is 14.1. The molecule has 0 saturated heterocycles. The van der Waals surface area contributed by atoms with Crippen LogP contribution in [0.5, 0.6) is 0 Å². The molecule has 0 aromatic heterocycles. The lowest BCUT2D eigenvalue weighted by atomic mass is 9.91. The molecule has 1 amide bonds. The molecule has 1 aromatic carbocycles. The fourth-order valence-electron chi connectivity index (χ4n) is 2.01. The second-order valence-electron chi connectivity index (χ2n) is 5.31. The van der Waals surface area contributed by atoms with Gasteiger partial charge in [0.05, 0.1) is 22.7 Å². The molecule has 0 N–H and O–H groups in total. The van der Waals surface area contributed by atoms with Gasteiger partial charge < -0.3 is 4.90 Å². The van der Waals surface area contributed by atoms with E-state index >= 15 is 0 Å². The fourth-order valence-corrected chi connectivity index (χ4v) is 2.01. The summed E-state index contributed by atoms with van der Waals surface area (Å²) in [6, 6.07) is 3.60. The number of rotatable bonds is 3. The molecule has 0 radical (unpaired) electrons. The number of halogens is 2. The summed E-state index contributed by atoms with van der Waals surface area (Å²) < 4.78 is 26.8. The maximum Gasteiger partial charge on any atom is 0.299 e. The summed E-state index contributed by atoms with van der Waals surface area (Å²) in [5.41, 5.74) is -1.16. The first-order valence-electron chi connectivity index (χ1n) is 6.03. The Hall–Kier alpha value is -2.29. The van der Waals surface area contributed by atoms with Gasteiger partial charge in [0.15, 0.2) is 0 Å². The van der Waals surface area contributed by atoms with Crippen molar-refractivity contribution in [3.05, 3.63) is 29.3 Å². The average Bonchev–Trinajstić information content (AvgIpc) is 2.60. The maximum absolute atomic E-state index is 13.6. The third kappa shape index (κ3) is 2.27. The number of ketones is 1. The van der Waals surface area contributed by atoms with Gasteiger partial charge in [-0.3, -0.25) is 9.59 Å². The van der Waals surface area contributed by atoms with Gasteiger partial charge in [-0.25, -0.2) is 8.78 Å². The van der Waals surface area contributed by atoms with Gasteiger partial charge in [0, 0.05) is 12.6 Å². The Kier molecular flexibility index (Phi) is 3.30. The number of fused-ring (bicyclic) bond motifs is 1. The zero-order valence-corrected chi connectivity index (χ0v) is 11.0. The van der Waals surface area contributed by atoms with E-state index in [1.165, 1.54) is 0 Å². The molecule has 1 aliphatic heterocycles. The lowest BCUT2D eigenvalue weighted by molar-refractivity contribution is -0.114. The van der Waals surface area contributed by atoms with Crippen molar-refractivity contribution in [2.75, 3.05) is 11.4 Å². The zero-order chi connectivity index (χ0) is 15.1. The van der Waals surface area contributed by atoms with Crippen LogP contribution in [0.1, 0.15) is 30.6 Å². The third-order valence-corrected chi connectivity index (χ3v) is 3.25. The summed E-state index contributed by atoms with van der Waals surface area (Å²) in [4.78, 5) is 24.6. The number of hydrogen-bond donors (Lipinski definition) is 0. The number of nitriles is 1. The molecule has 0 bridgehead atoms. The van der Waals surface area contributed by atoms with Crippen LogP contribution in [0, 0.1) is 28.4 Å². The van der Waals surface area contributed by atoms with Gasteiger partial charge in [-0.2, -0.15) is 5.26 Å². The average molecular weight is 278 g/mol. The molecule has 0 unspecified atom stereocenters. The van der Waals surface area contributed by atoms with Crippen LogP contribution >= 0.6 is 0 Å². The first-order valence-corrected chi connectivity index (χ1v) is 6.03. The predicted molar refractivity (Wildman–Crippen MR) is 67.1 cm³/mol. The smallest absolute Gasteiger partial charge is 0.299 e. The van der Waals surface area contributed by atoms with E-state index in [0.717, 1.165) is 11.0 Å². The van der Waals surface area contributed by atoms with Gasteiger partial charge in [0.2, 0.25) is 0 Å². The van der Waals surface area contributed by atoms with Crippen molar-refractivity contribution in [1.29, 1.82) is 5.26 Å². The van der Waals surface area contributed by atoms with E-state index in [4.69, 9.17) is 5.26 Å². The van der Waals surface area contributed by atoms with Crippen molar-refractivity contribution in [2.24, 2.45) is 5.41 Å². The summed E-state index contributed by atoms with van der Waals surface area (Å²) in [5.74, 6) is -3.76. The molecule has 2 rings (SSSR count). The summed E-state index contributed by atoms with van der Waals surface area (Å²) in [6.07, 6.45) is 0.292. The highest BCUT2D eigenvalue weighted by Crippen LogP contribution is 2.33. The van der Waals surface area contributed by atoms with E-state index in [9.17, 15) is 18.4 Å². The first-order chi connectivity index (χ1) is 9.26.